The first-order valence-corrected chi connectivity index (χ1v) is 9.32. The molecule has 0 radical (unpaired) electrons. The second-order valence-electron chi connectivity index (χ2n) is 7.14. The van der Waals surface area contributed by atoms with Gasteiger partial charge in [0.2, 0.25) is 0 Å². The average molecular weight is 378 g/mol. The van der Waals surface area contributed by atoms with Gasteiger partial charge in [-0.1, -0.05) is 18.2 Å². The number of carboxylic acid groups (broad SMARTS) is 1. The van der Waals surface area contributed by atoms with Crippen molar-refractivity contribution in [3.63, 3.8) is 0 Å². The number of piperidine rings is 1. The molecule has 1 fully saturated rings. The van der Waals surface area contributed by atoms with E-state index in [2.05, 4.69) is 15.2 Å². The number of anilines is 1. The Morgan fingerprint density at radius 2 is 2.04 bits per heavy atom. The van der Waals surface area contributed by atoms with E-state index in [1.54, 1.807) is 18.2 Å². The first-order valence-electron chi connectivity index (χ1n) is 9.32. The van der Waals surface area contributed by atoms with Gasteiger partial charge in [0, 0.05) is 24.5 Å². The summed E-state index contributed by atoms with van der Waals surface area (Å²) in [7, 11) is 0. The fourth-order valence-corrected chi connectivity index (χ4v) is 3.71. The van der Waals surface area contributed by atoms with Crippen molar-refractivity contribution < 1.29 is 15.0 Å². The number of phenols is 1. The summed E-state index contributed by atoms with van der Waals surface area (Å²) in [6.07, 6.45) is 0.663. The van der Waals surface area contributed by atoms with Gasteiger partial charge in [0.1, 0.15) is 11.6 Å². The van der Waals surface area contributed by atoms with Crippen LogP contribution in [-0.4, -0.2) is 45.4 Å². The highest BCUT2D eigenvalue weighted by Crippen LogP contribution is 2.32. The molecule has 28 heavy (non-hydrogen) atoms. The number of fused-ring (bicyclic) bond motifs is 1. The summed E-state index contributed by atoms with van der Waals surface area (Å²) in [5, 5.41) is 22.8. The standard InChI is InChI=1S/C21H22N4O3/c1-13-8-9-15-17(11-13)23-19(16-6-2-3-7-18(16)26)24-20(15)25-10-4-5-14(12-25)22-21(27)28/h2-3,6-9,11,14,22,26H,4-5,10,12H2,1H3,(H,27,28)/t14-/m1/s1. The average Bonchev–Trinajstić information content (AvgIpc) is 2.67. The minimum Gasteiger partial charge on any atom is -0.507 e. The number of para-hydroxylation sites is 1. The van der Waals surface area contributed by atoms with E-state index in [4.69, 9.17) is 10.1 Å². The van der Waals surface area contributed by atoms with Gasteiger partial charge < -0.3 is 20.4 Å². The molecule has 4 rings (SSSR count). The highest BCUT2D eigenvalue weighted by Gasteiger charge is 2.24. The van der Waals surface area contributed by atoms with Crippen molar-refractivity contribution in [1.82, 2.24) is 15.3 Å². The molecule has 0 bridgehead atoms. The lowest BCUT2D eigenvalue weighted by molar-refractivity contribution is 0.188. The fraction of sp³-hybridized carbons (Fsp3) is 0.286. The van der Waals surface area contributed by atoms with Crippen molar-refractivity contribution in [3.05, 3.63) is 48.0 Å². The smallest absolute Gasteiger partial charge is 0.404 e. The first kappa shape index (κ1) is 18.0. The lowest BCUT2D eigenvalue weighted by Gasteiger charge is -2.34. The van der Waals surface area contributed by atoms with Gasteiger partial charge in [-0.25, -0.2) is 14.8 Å². The maximum absolute atomic E-state index is 11.1. The van der Waals surface area contributed by atoms with Gasteiger partial charge >= 0.3 is 6.09 Å². The molecule has 0 unspecified atom stereocenters. The van der Waals surface area contributed by atoms with E-state index in [0.717, 1.165) is 41.7 Å². The molecule has 0 aliphatic carbocycles. The molecule has 2 heterocycles. The first-order chi connectivity index (χ1) is 13.5. The summed E-state index contributed by atoms with van der Waals surface area (Å²) in [4.78, 5) is 22.6. The summed E-state index contributed by atoms with van der Waals surface area (Å²) in [5.41, 5.74) is 2.46. The number of carbonyl (C=O) groups is 1. The Bertz CT molecular complexity index is 1040. The van der Waals surface area contributed by atoms with Crippen molar-refractivity contribution in [2.24, 2.45) is 0 Å². The molecule has 1 atom stereocenters. The number of benzene rings is 2. The van der Waals surface area contributed by atoms with Crippen molar-refractivity contribution in [1.29, 1.82) is 0 Å². The Morgan fingerprint density at radius 1 is 1.21 bits per heavy atom. The van der Waals surface area contributed by atoms with Crippen LogP contribution in [0.2, 0.25) is 0 Å². The number of aromatic nitrogens is 2. The molecule has 3 N–H and O–H groups in total. The van der Waals surface area contributed by atoms with Crippen LogP contribution in [0.25, 0.3) is 22.3 Å². The van der Waals surface area contributed by atoms with Gasteiger partial charge in [0.15, 0.2) is 5.82 Å². The Balaban J connectivity index is 1.82. The number of aryl methyl sites for hydroxylation is 1. The van der Waals surface area contributed by atoms with E-state index in [1.165, 1.54) is 0 Å². The third kappa shape index (κ3) is 3.55. The Morgan fingerprint density at radius 3 is 2.82 bits per heavy atom. The van der Waals surface area contributed by atoms with Gasteiger partial charge in [0.05, 0.1) is 11.1 Å². The predicted molar refractivity (Wildman–Crippen MR) is 108 cm³/mol. The number of nitrogens with one attached hydrogen (secondary N) is 1. The molecule has 0 saturated carbocycles. The molecule has 7 nitrogen and oxygen atoms in total. The van der Waals surface area contributed by atoms with Gasteiger partial charge in [0.25, 0.3) is 0 Å². The predicted octanol–water partition coefficient (Wildman–Crippen LogP) is 3.55. The zero-order chi connectivity index (χ0) is 19.7. The second kappa shape index (κ2) is 7.34. The van der Waals surface area contributed by atoms with E-state index in [0.29, 0.717) is 17.9 Å². The van der Waals surface area contributed by atoms with Gasteiger partial charge in [-0.3, -0.25) is 0 Å². The zero-order valence-electron chi connectivity index (χ0n) is 15.6. The van der Waals surface area contributed by atoms with E-state index in [-0.39, 0.29) is 11.8 Å². The molecule has 1 aliphatic heterocycles. The van der Waals surface area contributed by atoms with Crippen LogP contribution in [0.5, 0.6) is 5.75 Å². The lowest BCUT2D eigenvalue weighted by Crippen LogP contribution is -2.47. The summed E-state index contributed by atoms with van der Waals surface area (Å²) in [5.74, 6) is 1.35. The summed E-state index contributed by atoms with van der Waals surface area (Å²) in [6, 6.07) is 12.9. The van der Waals surface area contributed by atoms with E-state index < -0.39 is 6.09 Å². The van der Waals surface area contributed by atoms with Crippen molar-refractivity contribution in [2.75, 3.05) is 18.0 Å². The van der Waals surface area contributed by atoms with Crippen LogP contribution >= 0.6 is 0 Å². The van der Waals surface area contributed by atoms with E-state index in [1.807, 2.05) is 31.2 Å². The number of rotatable bonds is 3. The van der Waals surface area contributed by atoms with Crippen LogP contribution in [-0.2, 0) is 0 Å². The molecular weight excluding hydrogens is 356 g/mol. The number of hydrogen-bond acceptors (Lipinski definition) is 5. The summed E-state index contributed by atoms with van der Waals surface area (Å²) in [6.45, 7) is 3.35. The molecule has 1 aliphatic rings. The van der Waals surface area contributed by atoms with Gasteiger partial charge in [-0.15, -0.1) is 0 Å². The largest absolute Gasteiger partial charge is 0.507 e. The van der Waals surface area contributed by atoms with Crippen LogP contribution in [0.15, 0.2) is 42.5 Å². The van der Waals surface area contributed by atoms with Crippen LogP contribution < -0.4 is 10.2 Å². The topological polar surface area (TPSA) is 98.6 Å². The number of nitrogens with zero attached hydrogens (tertiary/aromatic N) is 3. The fourth-order valence-electron chi connectivity index (χ4n) is 3.71. The Hall–Kier alpha value is -3.35. The molecule has 1 amide bonds. The zero-order valence-corrected chi connectivity index (χ0v) is 15.6. The Labute approximate surface area is 162 Å². The molecule has 2 aromatic carbocycles. The summed E-state index contributed by atoms with van der Waals surface area (Å²) < 4.78 is 0. The Kier molecular flexibility index (Phi) is 4.73. The van der Waals surface area contributed by atoms with Crippen LogP contribution in [0.1, 0.15) is 18.4 Å². The highest BCUT2D eigenvalue weighted by molar-refractivity contribution is 5.92. The monoisotopic (exact) mass is 378 g/mol. The van der Waals surface area contributed by atoms with Crippen LogP contribution in [0, 0.1) is 6.92 Å². The molecule has 3 aromatic rings. The molecule has 0 spiro atoms. The third-order valence-electron chi connectivity index (χ3n) is 5.03. The number of amides is 1. The highest BCUT2D eigenvalue weighted by atomic mass is 16.4. The second-order valence-corrected chi connectivity index (χ2v) is 7.14. The molecular formula is C21H22N4O3. The van der Waals surface area contributed by atoms with Crippen molar-refractivity contribution >= 4 is 22.8 Å². The van der Waals surface area contributed by atoms with Crippen LogP contribution in [0.3, 0.4) is 0 Å². The van der Waals surface area contributed by atoms with E-state index >= 15 is 0 Å². The van der Waals surface area contributed by atoms with Crippen molar-refractivity contribution in [3.8, 4) is 17.1 Å². The van der Waals surface area contributed by atoms with Gasteiger partial charge in [-0.2, -0.15) is 0 Å². The SMILES string of the molecule is Cc1ccc2c(N3CCC[C@@H](NC(=O)O)C3)nc(-c3ccccc3O)nc2c1. The molecule has 1 aromatic heterocycles. The third-order valence-corrected chi connectivity index (χ3v) is 5.03. The minimum atomic E-state index is -1.01. The number of hydrogen-bond donors (Lipinski definition) is 3. The molecule has 144 valence electrons. The normalized spacial score (nSPS) is 16.9. The summed E-state index contributed by atoms with van der Waals surface area (Å²) >= 11 is 0. The van der Waals surface area contributed by atoms with Crippen molar-refractivity contribution in [2.45, 2.75) is 25.8 Å². The maximum atomic E-state index is 11.1. The van der Waals surface area contributed by atoms with Crippen LogP contribution in [0.4, 0.5) is 10.6 Å². The quantitative estimate of drug-likeness (QED) is 0.645. The lowest BCUT2D eigenvalue weighted by atomic mass is 10.0. The maximum Gasteiger partial charge on any atom is 0.404 e. The minimum absolute atomic E-state index is 0.129. The number of phenolic OH excluding ortho intramolecular Hbond substituents is 1. The number of aromatic hydroxyl groups is 1. The van der Waals surface area contributed by atoms with E-state index in [9.17, 15) is 9.90 Å². The molecule has 1 saturated heterocycles. The molecule has 7 heteroatoms. The van der Waals surface area contributed by atoms with Gasteiger partial charge in [-0.05, 0) is 49.6 Å².